The number of carbonyl (C=O) groups excluding carboxylic acids is 7. The van der Waals surface area contributed by atoms with Crippen molar-refractivity contribution in [2.24, 2.45) is 0 Å². The van der Waals surface area contributed by atoms with Crippen LogP contribution in [0.1, 0.15) is 75.1 Å². The first kappa shape index (κ1) is 38.8. The van der Waals surface area contributed by atoms with Gasteiger partial charge in [0.15, 0.2) is 0 Å². The Kier molecular flexibility index (Phi) is 13.8. The van der Waals surface area contributed by atoms with E-state index in [-0.39, 0.29) is 73.3 Å². The molecule has 0 saturated carbocycles. The number of nitrogens with one attached hydrogen (secondary N) is 4. The van der Waals surface area contributed by atoms with Crippen LogP contribution < -0.4 is 21.3 Å². The molecule has 2 aliphatic heterocycles. The predicted octanol–water partition coefficient (Wildman–Crippen LogP) is 2.25. The van der Waals surface area contributed by atoms with E-state index in [9.17, 15) is 33.6 Å². The molecule has 0 spiro atoms. The van der Waals surface area contributed by atoms with Crippen molar-refractivity contribution < 1.29 is 47.8 Å². The van der Waals surface area contributed by atoms with Crippen molar-refractivity contribution in [2.75, 3.05) is 44.0 Å². The van der Waals surface area contributed by atoms with Gasteiger partial charge in [-0.3, -0.25) is 39.0 Å². The molecule has 3 rings (SSSR count). The molecule has 264 valence electrons. The Balaban J connectivity index is 1.39. The highest BCUT2D eigenvalue weighted by Crippen LogP contribution is 2.35. The highest BCUT2D eigenvalue weighted by molar-refractivity contribution is 8.77. The minimum atomic E-state index is -1.12. The minimum Gasteiger partial charge on any atom is -0.444 e. The third kappa shape index (κ3) is 11.8. The van der Waals surface area contributed by atoms with Gasteiger partial charge in [0.1, 0.15) is 24.3 Å². The fraction of sp³-hybridized carbons (Fsp3) is 0.581. The largest absolute Gasteiger partial charge is 0.444 e. The van der Waals surface area contributed by atoms with Crippen LogP contribution in [0.4, 0.5) is 10.5 Å². The van der Waals surface area contributed by atoms with E-state index in [0.29, 0.717) is 5.75 Å². The van der Waals surface area contributed by atoms with E-state index in [0.717, 1.165) is 4.90 Å². The van der Waals surface area contributed by atoms with E-state index in [1.807, 2.05) is 0 Å². The Hall–Kier alpha value is -3.67. The smallest absolute Gasteiger partial charge is 0.408 e. The van der Waals surface area contributed by atoms with E-state index in [2.05, 4.69) is 42.0 Å². The molecule has 4 N–H and O–H groups in total. The molecule has 2 heterocycles. The van der Waals surface area contributed by atoms with Gasteiger partial charge in [-0.15, -0.1) is 0 Å². The molecule has 1 fully saturated rings. The molecule has 0 bridgehead atoms. The van der Waals surface area contributed by atoms with Gasteiger partial charge in [0.05, 0.1) is 36.6 Å². The topological polar surface area (TPSA) is 199 Å². The van der Waals surface area contributed by atoms with Crippen molar-refractivity contribution in [1.82, 2.24) is 20.9 Å². The Morgan fingerprint density at radius 1 is 1.00 bits per heavy atom. The molecule has 17 heteroatoms. The zero-order chi connectivity index (χ0) is 35.6. The molecular weight excluding hydrogens is 667 g/mol. The van der Waals surface area contributed by atoms with Gasteiger partial charge in [0.25, 0.3) is 11.8 Å². The molecule has 1 aromatic carbocycles. The van der Waals surface area contributed by atoms with E-state index in [1.165, 1.54) is 29.0 Å². The molecule has 0 aromatic heterocycles. The summed E-state index contributed by atoms with van der Waals surface area (Å²) in [4.78, 5) is 88.4. The van der Waals surface area contributed by atoms with Crippen molar-refractivity contribution in [3.8, 4) is 0 Å². The zero-order valence-electron chi connectivity index (χ0n) is 27.9. The van der Waals surface area contributed by atoms with Crippen LogP contribution in [0.2, 0.25) is 0 Å². The van der Waals surface area contributed by atoms with Crippen LogP contribution in [0.15, 0.2) is 18.2 Å². The summed E-state index contributed by atoms with van der Waals surface area (Å²) in [6, 6.07) is 2.45. The first-order valence-corrected chi connectivity index (χ1v) is 17.7. The van der Waals surface area contributed by atoms with Gasteiger partial charge in [-0.25, -0.2) is 4.79 Å². The number of alkyl carbamates (subject to hydrolysis) is 1. The van der Waals surface area contributed by atoms with Crippen LogP contribution in [-0.4, -0.2) is 108 Å². The first-order chi connectivity index (χ1) is 22.5. The molecule has 2 aliphatic rings. The number of ether oxygens (including phenoxy) is 3. The van der Waals surface area contributed by atoms with Gasteiger partial charge in [-0.05, 0) is 39.3 Å². The Labute approximate surface area is 287 Å². The van der Waals surface area contributed by atoms with Crippen LogP contribution in [0.3, 0.4) is 0 Å². The quantitative estimate of drug-likeness (QED) is 0.118. The maximum Gasteiger partial charge on any atom is 0.408 e. The summed E-state index contributed by atoms with van der Waals surface area (Å²) in [5.74, 6) is -3.26. The molecule has 0 aliphatic carbocycles. The van der Waals surface area contributed by atoms with Gasteiger partial charge in [-0.1, -0.05) is 48.4 Å². The molecule has 1 saturated heterocycles. The van der Waals surface area contributed by atoms with Gasteiger partial charge in [0.2, 0.25) is 23.6 Å². The molecular formula is C31H43N5O10S2. The average Bonchev–Trinajstić information content (AvgIpc) is 3.22. The number of piperidine rings is 1. The van der Waals surface area contributed by atoms with Crippen molar-refractivity contribution in [3.05, 3.63) is 29.3 Å². The third-order valence-corrected chi connectivity index (χ3v) is 9.79. The number of benzene rings is 1. The van der Waals surface area contributed by atoms with Crippen LogP contribution >= 0.6 is 21.6 Å². The molecule has 1 unspecified atom stereocenters. The number of hydrogen-bond donors (Lipinski definition) is 4. The Morgan fingerprint density at radius 3 is 2.38 bits per heavy atom. The molecule has 7 amide bonds. The van der Waals surface area contributed by atoms with E-state index in [4.69, 9.17) is 14.2 Å². The van der Waals surface area contributed by atoms with Gasteiger partial charge in [-0.2, -0.15) is 0 Å². The third-order valence-electron chi connectivity index (χ3n) is 6.44. The Morgan fingerprint density at radius 2 is 1.71 bits per heavy atom. The summed E-state index contributed by atoms with van der Waals surface area (Å²) >= 11 is 0. The standard InChI is InChI=1S/C31H43N5O10S2/c1-30(2,3)46-29(43)34-20(17-47-48-31(4,5)6)25(39)32-12-13-44-14-15-45-16-23(38)33-19-9-7-8-18-24(19)28(42)36(27(18)41)21-10-11-22(37)35-26(21)40/h7-9,20-21H,10-17H2,1-6H3,(H,32,39)(H,33,38)(H,34,43)(H,35,37,40)/t20-,21?/m1/s1. The fourth-order valence-corrected chi connectivity index (χ4v) is 6.94. The summed E-state index contributed by atoms with van der Waals surface area (Å²) < 4.78 is 16.1. The lowest BCUT2D eigenvalue weighted by Crippen LogP contribution is -2.54. The fourth-order valence-electron chi connectivity index (χ4n) is 4.47. The van der Waals surface area contributed by atoms with E-state index >= 15 is 0 Å². The van der Waals surface area contributed by atoms with Gasteiger partial charge in [0, 0.05) is 23.5 Å². The number of carbonyl (C=O) groups is 7. The number of fused-ring (bicyclic) bond motifs is 1. The SMILES string of the molecule is CC(C)(C)OC(=O)N[C@H](CSSC(C)(C)C)C(=O)NCCOCCOCC(=O)Nc1cccc2c1C(=O)N(C1CCC(=O)NC1=O)C2=O. The highest BCUT2D eigenvalue weighted by atomic mass is 33.1. The van der Waals surface area contributed by atoms with E-state index in [1.54, 1.807) is 31.6 Å². The average molecular weight is 710 g/mol. The predicted molar refractivity (Wildman–Crippen MR) is 179 cm³/mol. The number of hydrogen-bond acceptors (Lipinski definition) is 12. The number of nitrogens with zero attached hydrogens (tertiary/aromatic N) is 1. The second-order valence-electron chi connectivity index (χ2n) is 12.9. The first-order valence-electron chi connectivity index (χ1n) is 15.3. The molecule has 1 aromatic rings. The summed E-state index contributed by atoms with van der Waals surface area (Å²) in [7, 11) is 3.07. The normalized spacial score (nSPS) is 17.0. The second-order valence-corrected chi connectivity index (χ2v) is 16.0. The van der Waals surface area contributed by atoms with Crippen molar-refractivity contribution >= 4 is 68.8 Å². The monoisotopic (exact) mass is 709 g/mol. The van der Waals surface area contributed by atoms with Gasteiger partial charge >= 0.3 is 6.09 Å². The van der Waals surface area contributed by atoms with Crippen molar-refractivity contribution in [3.63, 3.8) is 0 Å². The van der Waals surface area contributed by atoms with E-state index < -0.39 is 53.3 Å². The van der Waals surface area contributed by atoms with Crippen LogP contribution in [0.5, 0.6) is 0 Å². The summed E-state index contributed by atoms with van der Waals surface area (Å²) in [6.45, 7) is 11.5. The maximum atomic E-state index is 13.2. The lowest BCUT2D eigenvalue weighted by atomic mass is 10.0. The number of rotatable bonds is 15. The number of amides is 7. The van der Waals surface area contributed by atoms with Crippen LogP contribution in [0.25, 0.3) is 0 Å². The number of imide groups is 2. The molecule has 2 atom stereocenters. The van der Waals surface area contributed by atoms with Crippen molar-refractivity contribution in [1.29, 1.82) is 0 Å². The minimum absolute atomic E-state index is 0.00666. The lowest BCUT2D eigenvalue weighted by molar-refractivity contribution is -0.136. The summed E-state index contributed by atoms with van der Waals surface area (Å²) in [6.07, 6.45) is -0.678. The van der Waals surface area contributed by atoms with Crippen LogP contribution in [-0.2, 0) is 33.4 Å². The van der Waals surface area contributed by atoms with Crippen molar-refractivity contribution in [2.45, 2.75) is 76.8 Å². The maximum absolute atomic E-state index is 13.2. The highest BCUT2D eigenvalue weighted by Gasteiger charge is 2.45. The van der Waals surface area contributed by atoms with Crippen LogP contribution in [0, 0.1) is 0 Å². The summed E-state index contributed by atoms with van der Waals surface area (Å²) in [5, 5.41) is 10.1. The number of anilines is 1. The second kappa shape index (κ2) is 17.1. The molecule has 15 nitrogen and oxygen atoms in total. The summed E-state index contributed by atoms with van der Waals surface area (Å²) in [5.41, 5.74) is -0.618. The molecule has 48 heavy (non-hydrogen) atoms. The van der Waals surface area contributed by atoms with Gasteiger partial charge < -0.3 is 30.2 Å². The Bertz CT molecular complexity index is 1410. The lowest BCUT2D eigenvalue weighted by Gasteiger charge is -2.27. The molecule has 0 radical (unpaired) electrons. The zero-order valence-corrected chi connectivity index (χ0v) is 29.5.